The summed E-state index contributed by atoms with van der Waals surface area (Å²) in [6, 6.07) is 0.552. The summed E-state index contributed by atoms with van der Waals surface area (Å²) >= 11 is 0. The van der Waals surface area contributed by atoms with Crippen molar-refractivity contribution in [2.45, 2.75) is 25.8 Å². The van der Waals surface area contributed by atoms with Gasteiger partial charge in [0.05, 0.1) is 6.54 Å². The molecule has 0 aliphatic carbocycles. The number of hydrogen-bond donors (Lipinski definition) is 1. The average Bonchev–Trinajstić information content (AvgIpc) is 2.92. The molecule has 2 rings (SSSR count). The molecule has 0 bridgehead atoms. The van der Waals surface area contributed by atoms with Crippen LogP contribution in [0.25, 0.3) is 0 Å². The number of rotatable bonds is 5. The third-order valence-corrected chi connectivity index (χ3v) is 4.26. The lowest BCUT2D eigenvalue weighted by Gasteiger charge is -2.35. The van der Waals surface area contributed by atoms with Gasteiger partial charge in [-0.15, -0.1) is 0 Å². The molecule has 1 amide bonds. The molecule has 0 spiro atoms. The van der Waals surface area contributed by atoms with Gasteiger partial charge in [-0.25, -0.2) is 0 Å². The fourth-order valence-corrected chi connectivity index (χ4v) is 2.96. The van der Waals surface area contributed by atoms with Crippen molar-refractivity contribution in [3.8, 4) is 0 Å². The van der Waals surface area contributed by atoms with Crippen LogP contribution in [0.5, 0.6) is 0 Å². The second-order valence-electron chi connectivity index (χ2n) is 5.80. The number of nitrogens with one attached hydrogen (secondary N) is 1. The van der Waals surface area contributed by atoms with Gasteiger partial charge < -0.3 is 15.1 Å². The molecule has 2 heterocycles. The number of hydrogen-bond acceptors (Lipinski definition) is 4. The summed E-state index contributed by atoms with van der Waals surface area (Å²) in [5.41, 5.74) is 0. The van der Waals surface area contributed by atoms with E-state index in [1.165, 1.54) is 6.42 Å². The molecule has 0 saturated carbocycles. The molecular formula is C14H28N4O. The summed E-state index contributed by atoms with van der Waals surface area (Å²) in [5.74, 6) is 0.313. The second-order valence-corrected chi connectivity index (χ2v) is 5.80. The van der Waals surface area contributed by atoms with Crippen molar-refractivity contribution >= 4 is 5.91 Å². The molecular weight excluding hydrogens is 240 g/mol. The monoisotopic (exact) mass is 268 g/mol. The maximum Gasteiger partial charge on any atom is 0.236 e. The number of likely N-dealkylation sites (N-methyl/N-ethyl adjacent to an activating group) is 1. The fourth-order valence-electron chi connectivity index (χ4n) is 2.96. The molecule has 0 aromatic carbocycles. The van der Waals surface area contributed by atoms with E-state index in [0.717, 1.165) is 52.2 Å². The van der Waals surface area contributed by atoms with Gasteiger partial charge in [-0.05, 0) is 33.0 Å². The van der Waals surface area contributed by atoms with Gasteiger partial charge in [0.25, 0.3) is 0 Å². The Hall–Kier alpha value is -0.650. The van der Waals surface area contributed by atoms with E-state index in [9.17, 15) is 4.79 Å². The highest BCUT2D eigenvalue weighted by Crippen LogP contribution is 2.10. The van der Waals surface area contributed by atoms with Crippen molar-refractivity contribution in [1.82, 2.24) is 20.0 Å². The average molecular weight is 268 g/mol. The SMILES string of the molecule is CCCN(CC(=O)N1CCN(C)CC1)C1CCNC1. The predicted octanol–water partition coefficient (Wildman–Crippen LogP) is -0.166. The van der Waals surface area contributed by atoms with Gasteiger partial charge >= 0.3 is 0 Å². The molecule has 5 nitrogen and oxygen atoms in total. The lowest BCUT2D eigenvalue weighted by molar-refractivity contribution is -0.134. The highest BCUT2D eigenvalue weighted by Gasteiger charge is 2.26. The van der Waals surface area contributed by atoms with Crippen molar-refractivity contribution in [3.63, 3.8) is 0 Å². The van der Waals surface area contributed by atoms with Gasteiger partial charge in [-0.3, -0.25) is 9.69 Å². The fraction of sp³-hybridized carbons (Fsp3) is 0.929. The first-order valence-corrected chi connectivity index (χ1v) is 7.61. The lowest BCUT2D eigenvalue weighted by Crippen LogP contribution is -2.51. The first-order valence-electron chi connectivity index (χ1n) is 7.61. The third kappa shape index (κ3) is 4.16. The quantitative estimate of drug-likeness (QED) is 0.752. The standard InChI is InChI=1S/C14H28N4O/c1-3-6-18(13-4-5-15-11-13)12-14(19)17-9-7-16(2)8-10-17/h13,15H,3-12H2,1-2H3. The highest BCUT2D eigenvalue weighted by molar-refractivity contribution is 5.78. The molecule has 5 heteroatoms. The summed E-state index contributed by atoms with van der Waals surface area (Å²) < 4.78 is 0. The van der Waals surface area contributed by atoms with Crippen molar-refractivity contribution in [3.05, 3.63) is 0 Å². The van der Waals surface area contributed by atoms with Crippen LogP contribution in [0, 0.1) is 0 Å². The van der Waals surface area contributed by atoms with E-state index in [1.54, 1.807) is 0 Å². The Balaban J connectivity index is 1.83. The Morgan fingerprint density at radius 1 is 1.32 bits per heavy atom. The zero-order chi connectivity index (χ0) is 13.7. The van der Waals surface area contributed by atoms with Crippen molar-refractivity contribution in [2.24, 2.45) is 0 Å². The Kier molecular flexibility index (Phi) is 5.60. The number of piperazine rings is 1. The van der Waals surface area contributed by atoms with Crippen LogP contribution in [0.2, 0.25) is 0 Å². The van der Waals surface area contributed by atoms with Crippen molar-refractivity contribution in [1.29, 1.82) is 0 Å². The van der Waals surface area contributed by atoms with E-state index in [1.807, 2.05) is 4.90 Å². The van der Waals surface area contributed by atoms with E-state index < -0.39 is 0 Å². The Morgan fingerprint density at radius 3 is 2.63 bits per heavy atom. The lowest BCUT2D eigenvalue weighted by atomic mass is 10.2. The third-order valence-electron chi connectivity index (χ3n) is 4.26. The van der Waals surface area contributed by atoms with Crippen molar-refractivity contribution < 1.29 is 4.79 Å². The summed E-state index contributed by atoms with van der Waals surface area (Å²) in [5, 5.41) is 3.40. The molecule has 110 valence electrons. The molecule has 2 fully saturated rings. The maximum absolute atomic E-state index is 12.4. The minimum absolute atomic E-state index is 0.313. The van der Waals surface area contributed by atoms with Gasteiger partial charge in [0.1, 0.15) is 0 Å². The smallest absolute Gasteiger partial charge is 0.236 e. The number of nitrogens with zero attached hydrogens (tertiary/aromatic N) is 3. The molecule has 2 aliphatic heterocycles. The second kappa shape index (κ2) is 7.22. The van der Waals surface area contributed by atoms with Crippen LogP contribution in [0.3, 0.4) is 0 Å². The van der Waals surface area contributed by atoms with Crippen LogP contribution >= 0.6 is 0 Å². The molecule has 2 aliphatic rings. The van der Waals surface area contributed by atoms with E-state index in [4.69, 9.17) is 0 Å². The largest absolute Gasteiger partial charge is 0.339 e. The van der Waals surface area contributed by atoms with Gasteiger partial charge in [-0.1, -0.05) is 6.92 Å². The zero-order valence-electron chi connectivity index (χ0n) is 12.4. The van der Waals surface area contributed by atoms with Crippen LogP contribution in [-0.2, 0) is 4.79 Å². The summed E-state index contributed by atoms with van der Waals surface area (Å²) in [6.45, 7) is 9.74. The van der Waals surface area contributed by atoms with Crippen LogP contribution in [-0.4, -0.2) is 86.1 Å². The van der Waals surface area contributed by atoms with Crippen molar-refractivity contribution in [2.75, 3.05) is 59.4 Å². The van der Waals surface area contributed by atoms with Gasteiger partial charge in [0, 0.05) is 38.8 Å². The highest BCUT2D eigenvalue weighted by atomic mass is 16.2. The molecule has 19 heavy (non-hydrogen) atoms. The van der Waals surface area contributed by atoms with Crippen LogP contribution in [0.15, 0.2) is 0 Å². The summed E-state index contributed by atoms with van der Waals surface area (Å²) in [6.07, 6.45) is 2.29. The minimum atomic E-state index is 0.313. The van der Waals surface area contributed by atoms with Crippen LogP contribution in [0.4, 0.5) is 0 Å². The molecule has 2 saturated heterocycles. The summed E-state index contributed by atoms with van der Waals surface area (Å²) in [4.78, 5) is 19.1. The molecule has 0 radical (unpaired) electrons. The van der Waals surface area contributed by atoms with E-state index in [2.05, 4.69) is 29.1 Å². The zero-order valence-corrected chi connectivity index (χ0v) is 12.4. The van der Waals surface area contributed by atoms with Crippen LogP contribution < -0.4 is 5.32 Å². The number of amides is 1. The van der Waals surface area contributed by atoms with E-state index >= 15 is 0 Å². The number of carbonyl (C=O) groups excluding carboxylic acids is 1. The molecule has 1 unspecified atom stereocenters. The maximum atomic E-state index is 12.4. The Labute approximate surface area is 116 Å². The first kappa shape index (κ1) is 14.8. The van der Waals surface area contributed by atoms with E-state index in [0.29, 0.717) is 18.5 Å². The predicted molar refractivity (Wildman–Crippen MR) is 77.2 cm³/mol. The molecule has 1 atom stereocenters. The normalized spacial score (nSPS) is 25.2. The van der Waals surface area contributed by atoms with Gasteiger partial charge in [0.2, 0.25) is 5.91 Å². The van der Waals surface area contributed by atoms with Gasteiger partial charge in [-0.2, -0.15) is 0 Å². The first-order chi connectivity index (χ1) is 9.20. The molecule has 0 aromatic rings. The van der Waals surface area contributed by atoms with Crippen LogP contribution in [0.1, 0.15) is 19.8 Å². The van der Waals surface area contributed by atoms with E-state index in [-0.39, 0.29) is 0 Å². The molecule has 0 aromatic heterocycles. The Morgan fingerprint density at radius 2 is 2.05 bits per heavy atom. The topological polar surface area (TPSA) is 38.8 Å². The van der Waals surface area contributed by atoms with Gasteiger partial charge in [0.15, 0.2) is 0 Å². The Bertz CT molecular complexity index is 283. The molecule has 1 N–H and O–H groups in total. The number of carbonyl (C=O) groups is 1. The minimum Gasteiger partial charge on any atom is -0.339 e. The summed E-state index contributed by atoms with van der Waals surface area (Å²) in [7, 11) is 2.12.